The van der Waals surface area contributed by atoms with Crippen LogP contribution in [0.25, 0.3) is 5.41 Å². The minimum Gasteiger partial charge on any atom is -0.763 e. The van der Waals surface area contributed by atoms with Gasteiger partial charge >= 0.3 is 0 Å². The van der Waals surface area contributed by atoms with E-state index in [1.807, 2.05) is 0 Å². The molecule has 0 aromatic rings. The highest BCUT2D eigenvalue weighted by Gasteiger charge is 2.35. The maximum Gasteiger partial charge on any atom is 0.0814 e. The minimum absolute atomic E-state index is 0.164. The maximum absolute atomic E-state index is 10.0. The summed E-state index contributed by atoms with van der Waals surface area (Å²) in [5.74, 6) is 2.22. The van der Waals surface area contributed by atoms with Gasteiger partial charge in [-0.2, -0.15) is 0 Å². The van der Waals surface area contributed by atoms with Crippen LogP contribution in [0.1, 0.15) is 53.4 Å². The molecule has 0 radical (unpaired) electrons. The Morgan fingerprint density at radius 2 is 1.38 bits per heavy atom. The molecule has 2 N–H and O–H groups in total. The first-order valence-electron chi connectivity index (χ1n) is 7.49. The van der Waals surface area contributed by atoms with Crippen LogP contribution in [0.4, 0.5) is 0 Å². The number of nitrogens with zero attached hydrogens (tertiary/aromatic N) is 3. The summed E-state index contributed by atoms with van der Waals surface area (Å²) in [5, 5.41) is 29.5. The molecule has 5 nitrogen and oxygen atoms in total. The van der Waals surface area contributed by atoms with Gasteiger partial charge in [-0.05, 0) is 53.4 Å². The van der Waals surface area contributed by atoms with Gasteiger partial charge in [0, 0.05) is 5.57 Å². The second kappa shape index (κ2) is 5.48. The Labute approximate surface area is 126 Å². The Hall–Kier alpha value is -1.29. The van der Waals surface area contributed by atoms with Gasteiger partial charge in [0.05, 0.1) is 34.7 Å². The fourth-order valence-corrected chi connectivity index (χ4v) is 2.88. The van der Waals surface area contributed by atoms with E-state index in [9.17, 15) is 15.6 Å². The summed E-state index contributed by atoms with van der Waals surface area (Å²) >= 11 is 0. The van der Waals surface area contributed by atoms with Crippen LogP contribution in [0.15, 0.2) is 15.6 Å². The molecule has 0 amide bonds. The third-order valence-corrected chi connectivity index (χ3v) is 4.25. The van der Waals surface area contributed by atoms with E-state index >= 15 is 0 Å². The summed E-state index contributed by atoms with van der Waals surface area (Å²) in [7, 11) is 0. The molecule has 0 aromatic carbocycles. The second-order valence-electron chi connectivity index (χ2n) is 7.05. The fourth-order valence-electron chi connectivity index (χ4n) is 2.88. The number of hydrogen-bond acceptors (Lipinski definition) is 4. The van der Waals surface area contributed by atoms with Gasteiger partial charge in [0.1, 0.15) is 0 Å². The fraction of sp³-hybridized carbons (Fsp3) is 0.750. The summed E-state index contributed by atoms with van der Waals surface area (Å²) < 4.78 is 0. The van der Waals surface area contributed by atoms with Gasteiger partial charge in [-0.1, -0.05) is 0 Å². The van der Waals surface area contributed by atoms with Gasteiger partial charge in [0.25, 0.3) is 0 Å². The first-order valence-corrected chi connectivity index (χ1v) is 7.49. The zero-order valence-electron chi connectivity index (χ0n) is 13.2. The van der Waals surface area contributed by atoms with Gasteiger partial charge in [-0.15, -0.1) is 0 Å². The average Bonchev–Trinajstić information content (AvgIpc) is 2.96. The molecule has 116 valence electrons. The predicted molar refractivity (Wildman–Crippen MR) is 85.4 cm³/mol. The molecule has 0 saturated carbocycles. The molecule has 0 fully saturated rings. The molecule has 0 spiro atoms. The van der Waals surface area contributed by atoms with Gasteiger partial charge in [-0.3, -0.25) is 15.9 Å². The van der Waals surface area contributed by atoms with Crippen molar-refractivity contribution in [1.29, 1.82) is 0 Å². The molecule has 21 heavy (non-hydrogen) atoms. The van der Waals surface area contributed by atoms with Crippen molar-refractivity contribution in [3.05, 3.63) is 11.0 Å². The number of aliphatic hydroxyl groups is 2. The standard InChI is InChI=1S/C16H24N3O2/c1-15(2,20)13-7-5-11(18-13)10(9-17)12-6-8-14(19-12)16(3,4)21/h13-14,20-21H,5-8H2,1-4H3/q-1/t13-,14-/m0/s1. The third kappa shape index (κ3) is 3.49. The highest BCUT2D eigenvalue weighted by atomic mass is 16.3. The molecule has 2 aliphatic heterocycles. The summed E-state index contributed by atoms with van der Waals surface area (Å²) in [4.78, 5) is 9.05. The van der Waals surface area contributed by atoms with E-state index in [1.54, 1.807) is 27.7 Å². The van der Waals surface area contributed by atoms with Crippen LogP contribution in [0.2, 0.25) is 0 Å². The van der Waals surface area contributed by atoms with E-state index in [-0.39, 0.29) is 12.1 Å². The molecular formula is C16H24N3O2-. The topological polar surface area (TPSA) is 87.5 Å². The Kier molecular flexibility index (Phi) is 4.20. The summed E-state index contributed by atoms with van der Waals surface area (Å²) in [6, 6.07) is -0.328. The molecule has 5 heteroatoms. The lowest BCUT2D eigenvalue weighted by atomic mass is 9.95. The molecule has 2 aliphatic rings. The van der Waals surface area contributed by atoms with Gasteiger partial charge in [0.2, 0.25) is 0 Å². The van der Waals surface area contributed by atoms with E-state index in [2.05, 4.69) is 15.9 Å². The van der Waals surface area contributed by atoms with Crippen LogP contribution in [0.5, 0.6) is 0 Å². The lowest BCUT2D eigenvalue weighted by Crippen LogP contribution is -2.32. The molecular weight excluding hydrogens is 266 g/mol. The van der Waals surface area contributed by atoms with Crippen LogP contribution in [0, 0.1) is 0 Å². The molecule has 2 atom stereocenters. The zero-order chi connectivity index (χ0) is 15.8. The van der Waals surface area contributed by atoms with Crippen LogP contribution in [0.3, 0.4) is 0 Å². The highest BCUT2D eigenvalue weighted by molar-refractivity contribution is 6.30. The largest absolute Gasteiger partial charge is 0.763 e. The number of aliphatic imine (C=N–C) groups is 2. The highest BCUT2D eigenvalue weighted by Crippen LogP contribution is 2.30. The van der Waals surface area contributed by atoms with Crippen molar-refractivity contribution in [1.82, 2.24) is 0 Å². The first-order chi connectivity index (χ1) is 9.63. The summed E-state index contributed by atoms with van der Waals surface area (Å²) in [6.45, 7) is 6.97. The molecule has 0 saturated heterocycles. The Morgan fingerprint density at radius 3 is 1.62 bits per heavy atom. The van der Waals surface area contributed by atoms with Crippen molar-refractivity contribution < 1.29 is 10.2 Å². The van der Waals surface area contributed by atoms with Crippen molar-refractivity contribution in [3.8, 4) is 0 Å². The third-order valence-electron chi connectivity index (χ3n) is 4.25. The molecule has 0 unspecified atom stereocenters. The van der Waals surface area contributed by atoms with Crippen molar-refractivity contribution in [3.63, 3.8) is 0 Å². The first kappa shape index (κ1) is 16.1. The average molecular weight is 290 g/mol. The van der Waals surface area contributed by atoms with Crippen molar-refractivity contribution >= 4 is 17.3 Å². The predicted octanol–water partition coefficient (Wildman–Crippen LogP) is 1.90. The van der Waals surface area contributed by atoms with Crippen LogP contribution in [-0.4, -0.2) is 50.8 Å². The molecule has 0 bridgehead atoms. The lowest BCUT2D eigenvalue weighted by Gasteiger charge is -2.22. The molecule has 0 aromatic heterocycles. The number of allylic oxidation sites excluding steroid dienone is 1. The van der Waals surface area contributed by atoms with E-state index in [4.69, 9.17) is 0 Å². The Bertz CT molecular complexity index is 487. The van der Waals surface area contributed by atoms with Gasteiger partial charge in [-0.25, -0.2) is 0 Å². The zero-order valence-corrected chi connectivity index (χ0v) is 13.2. The SMILES string of the molecule is CC(C)(O)[C@@H]1CCC(C(=C=[N-])C2=N[C@H](C(C)(C)O)CC2)=N1. The number of hydrogen-bond donors (Lipinski definition) is 2. The van der Waals surface area contributed by atoms with E-state index in [1.165, 1.54) is 0 Å². The molecule has 2 rings (SSSR count). The van der Waals surface area contributed by atoms with Crippen molar-refractivity contribution in [2.24, 2.45) is 9.98 Å². The maximum atomic E-state index is 10.0. The van der Waals surface area contributed by atoms with Crippen LogP contribution in [-0.2, 0) is 0 Å². The summed E-state index contributed by atoms with van der Waals surface area (Å²) in [5.41, 5.74) is 0.304. The van der Waals surface area contributed by atoms with E-state index in [0.29, 0.717) is 18.4 Å². The van der Waals surface area contributed by atoms with Crippen molar-refractivity contribution in [2.75, 3.05) is 0 Å². The summed E-state index contributed by atoms with van der Waals surface area (Å²) in [6.07, 6.45) is 2.91. The normalized spacial score (nSPS) is 26.4. The monoisotopic (exact) mass is 290 g/mol. The van der Waals surface area contributed by atoms with E-state index < -0.39 is 11.2 Å². The Balaban J connectivity index is 2.22. The van der Waals surface area contributed by atoms with E-state index in [0.717, 1.165) is 24.3 Å². The van der Waals surface area contributed by atoms with Gasteiger partial charge < -0.3 is 15.6 Å². The lowest BCUT2D eigenvalue weighted by molar-refractivity contribution is 0.0531. The minimum atomic E-state index is -0.866. The van der Waals surface area contributed by atoms with Gasteiger partial charge in [0.15, 0.2) is 0 Å². The van der Waals surface area contributed by atoms with Crippen LogP contribution >= 0.6 is 0 Å². The second-order valence-corrected chi connectivity index (χ2v) is 7.05. The Morgan fingerprint density at radius 1 is 1.00 bits per heavy atom. The number of rotatable bonds is 4. The smallest absolute Gasteiger partial charge is 0.0814 e. The van der Waals surface area contributed by atoms with Crippen molar-refractivity contribution in [2.45, 2.75) is 76.7 Å². The van der Waals surface area contributed by atoms with Crippen LogP contribution < -0.4 is 0 Å². The quantitative estimate of drug-likeness (QED) is 0.775. The molecule has 0 aliphatic carbocycles. The molecule has 2 heterocycles.